The Balaban J connectivity index is 3.04. The average Bonchev–Trinajstić information content (AvgIpc) is 2.71. The quantitative estimate of drug-likeness (QED) is 0.247. The molecule has 10 heteroatoms. The molecule has 0 radical (unpaired) electrons. The van der Waals surface area contributed by atoms with Gasteiger partial charge in [-0.1, -0.05) is 39.8 Å². The van der Waals surface area contributed by atoms with Crippen LogP contribution in [0.3, 0.4) is 0 Å². The number of hydrogen-bond donors (Lipinski definition) is 6. The Bertz CT molecular complexity index is 810. The molecule has 184 valence electrons. The predicted molar refractivity (Wildman–Crippen MR) is 123 cm³/mol. The lowest BCUT2D eigenvalue weighted by molar-refractivity contribution is -0.138. The van der Waals surface area contributed by atoms with Crippen LogP contribution in [0.4, 0.5) is 0 Å². The number of carboxylic acid groups (broad SMARTS) is 1. The summed E-state index contributed by atoms with van der Waals surface area (Å²) in [5.41, 5.74) is 6.65. The van der Waals surface area contributed by atoms with E-state index in [1.807, 2.05) is 27.7 Å². The highest BCUT2D eigenvalue weighted by atomic mass is 16.4. The summed E-state index contributed by atoms with van der Waals surface area (Å²) in [7, 11) is 0. The smallest absolute Gasteiger partial charge is 0.322 e. The lowest BCUT2D eigenvalue weighted by Crippen LogP contribution is -2.57. The SMILES string of the molecule is CC(C)CC(N)C(=O)NC(Cc1ccc(O)cc1)C(=O)NC(CC(C)C)C(=O)NCC(=O)O. The summed E-state index contributed by atoms with van der Waals surface area (Å²) < 4.78 is 0. The molecule has 3 unspecified atom stereocenters. The van der Waals surface area contributed by atoms with E-state index < -0.39 is 48.4 Å². The zero-order valence-electron chi connectivity index (χ0n) is 19.6. The van der Waals surface area contributed by atoms with Crippen molar-refractivity contribution in [2.45, 2.75) is 65.1 Å². The van der Waals surface area contributed by atoms with E-state index in [0.717, 1.165) is 0 Å². The van der Waals surface area contributed by atoms with E-state index in [1.165, 1.54) is 12.1 Å². The molecule has 1 aromatic carbocycles. The highest BCUT2D eigenvalue weighted by molar-refractivity contribution is 5.93. The molecule has 10 nitrogen and oxygen atoms in total. The van der Waals surface area contributed by atoms with E-state index in [1.54, 1.807) is 12.1 Å². The number of hydrogen-bond acceptors (Lipinski definition) is 6. The third-order valence-electron chi connectivity index (χ3n) is 4.83. The average molecular weight is 465 g/mol. The first kappa shape index (κ1) is 27.9. The van der Waals surface area contributed by atoms with Gasteiger partial charge in [0.15, 0.2) is 0 Å². The monoisotopic (exact) mass is 464 g/mol. The molecular formula is C23H36N4O6. The Morgan fingerprint density at radius 3 is 1.91 bits per heavy atom. The lowest BCUT2D eigenvalue weighted by atomic mass is 10.00. The van der Waals surface area contributed by atoms with Gasteiger partial charge in [0.2, 0.25) is 17.7 Å². The van der Waals surface area contributed by atoms with Crippen LogP contribution in [0.2, 0.25) is 0 Å². The third-order valence-corrected chi connectivity index (χ3v) is 4.83. The second-order valence-electron chi connectivity index (χ2n) is 8.97. The van der Waals surface area contributed by atoms with Gasteiger partial charge in [0, 0.05) is 6.42 Å². The van der Waals surface area contributed by atoms with Gasteiger partial charge in [-0.25, -0.2) is 0 Å². The molecule has 3 atom stereocenters. The molecule has 3 amide bonds. The number of nitrogens with two attached hydrogens (primary N) is 1. The molecule has 0 heterocycles. The maximum Gasteiger partial charge on any atom is 0.322 e. The Morgan fingerprint density at radius 1 is 0.848 bits per heavy atom. The van der Waals surface area contributed by atoms with Crippen LogP contribution in [-0.2, 0) is 25.6 Å². The molecule has 33 heavy (non-hydrogen) atoms. The van der Waals surface area contributed by atoms with Crippen molar-refractivity contribution in [1.82, 2.24) is 16.0 Å². The van der Waals surface area contributed by atoms with Gasteiger partial charge < -0.3 is 31.9 Å². The van der Waals surface area contributed by atoms with Gasteiger partial charge in [-0.2, -0.15) is 0 Å². The largest absolute Gasteiger partial charge is 0.508 e. The number of phenolic OH excluding ortho intramolecular Hbond substituents is 1. The number of aromatic hydroxyl groups is 1. The Kier molecular flexibility index (Phi) is 11.3. The molecular weight excluding hydrogens is 428 g/mol. The molecule has 0 aliphatic rings. The fourth-order valence-electron chi connectivity index (χ4n) is 3.23. The van der Waals surface area contributed by atoms with Gasteiger partial charge in [-0.15, -0.1) is 0 Å². The summed E-state index contributed by atoms with van der Waals surface area (Å²) in [6.07, 6.45) is 0.828. The summed E-state index contributed by atoms with van der Waals surface area (Å²) in [5, 5.41) is 25.9. The summed E-state index contributed by atoms with van der Waals surface area (Å²) in [6.45, 7) is 7.02. The van der Waals surface area contributed by atoms with Gasteiger partial charge in [-0.05, 0) is 42.4 Å². The van der Waals surface area contributed by atoms with Crippen molar-refractivity contribution in [2.75, 3.05) is 6.54 Å². The highest BCUT2D eigenvalue weighted by Gasteiger charge is 2.29. The molecule has 0 spiro atoms. The van der Waals surface area contributed by atoms with Crippen LogP contribution in [0.25, 0.3) is 0 Å². The number of aliphatic carboxylic acids is 1. The molecule has 7 N–H and O–H groups in total. The molecule has 0 aliphatic carbocycles. The van der Waals surface area contributed by atoms with Crippen LogP contribution in [-0.4, -0.2) is 58.6 Å². The second kappa shape index (κ2) is 13.4. The van der Waals surface area contributed by atoms with E-state index in [9.17, 15) is 24.3 Å². The van der Waals surface area contributed by atoms with E-state index >= 15 is 0 Å². The van der Waals surface area contributed by atoms with Gasteiger partial charge >= 0.3 is 5.97 Å². The molecule has 0 aromatic heterocycles. The van der Waals surface area contributed by atoms with E-state index in [4.69, 9.17) is 10.8 Å². The number of carbonyl (C=O) groups is 4. The summed E-state index contributed by atoms with van der Waals surface area (Å²) in [6, 6.07) is 3.39. The molecule has 0 fully saturated rings. The second-order valence-corrected chi connectivity index (χ2v) is 8.97. The van der Waals surface area contributed by atoms with Crippen molar-refractivity contribution in [3.05, 3.63) is 29.8 Å². The van der Waals surface area contributed by atoms with Crippen molar-refractivity contribution in [2.24, 2.45) is 17.6 Å². The van der Waals surface area contributed by atoms with Crippen molar-refractivity contribution >= 4 is 23.7 Å². The first-order valence-corrected chi connectivity index (χ1v) is 11.0. The molecule has 1 aromatic rings. The molecule has 0 saturated carbocycles. The topological polar surface area (TPSA) is 171 Å². The molecule has 1 rings (SSSR count). The standard InChI is InChI=1S/C23H36N4O6/c1-13(2)9-17(24)21(31)26-19(11-15-5-7-16(28)8-6-15)23(33)27-18(10-14(3)4)22(32)25-12-20(29)30/h5-8,13-14,17-19,28H,9-12,24H2,1-4H3,(H,25,32)(H,26,31)(H,27,33)(H,29,30). The minimum atomic E-state index is -1.20. The van der Waals surface area contributed by atoms with Gasteiger partial charge in [0.1, 0.15) is 24.4 Å². The third kappa shape index (κ3) is 10.8. The van der Waals surface area contributed by atoms with Crippen molar-refractivity contribution in [3.63, 3.8) is 0 Å². The first-order chi connectivity index (χ1) is 15.4. The number of carbonyl (C=O) groups excluding carboxylic acids is 3. The summed E-state index contributed by atoms with van der Waals surface area (Å²) in [5.74, 6) is -2.61. The van der Waals surface area contributed by atoms with E-state index in [0.29, 0.717) is 12.0 Å². The maximum absolute atomic E-state index is 13.1. The maximum atomic E-state index is 13.1. The first-order valence-electron chi connectivity index (χ1n) is 11.0. The Labute approximate surface area is 194 Å². The van der Waals surface area contributed by atoms with Gasteiger partial charge in [0.25, 0.3) is 0 Å². The van der Waals surface area contributed by atoms with Crippen molar-refractivity contribution in [1.29, 1.82) is 0 Å². The van der Waals surface area contributed by atoms with Gasteiger partial charge in [0.05, 0.1) is 6.04 Å². The van der Waals surface area contributed by atoms with Crippen LogP contribution in [0.1, 0.15) is 46.1 Å². The minimum absolute atomic E-state index is 0.0375. The van der Waals surface area contributed by atoms with Crippen LogP contribution in [0, 0.1) is 11.8 Å². The molecule has 0 saturated heterocycles. The summed E-state index contributed by atoms with van der Waals surface area (Å²) in [4.78, 5) is 49.0. The fraction of sp³-hybridized carbons (Fsp3) is 0.565. The van der Waals surface area contributed by atoms with Crippen LogP contribution < -0.4 is 21.7 Å². The van der Waals surface area contributed by atoms with Crippen LogP contribution in [0.15, 0.2) is 24.3 Å². The van der Waals surface area contributed by atoms with Crippen molar-refractivity contribution in [3.8, 4) is 5.75 Å². The number of amides is 3. The van der Waals surface area contributed by atoms with E-state index in [-0.39, 0.29) is 30.4 Å². The summed E-state index contributed by atoms with van der Waals surface area (Å²) >= 11 is 0. The van der Waals surface area contributed by atoms with Gasteiger partial charge in [-0.3, -0.25) is 19.2 Å². The number of nitrogens with one attached hydrogen (secondary N) is 3. The lowest BCUT2D eigenvalue weighted by Gasteiger charge is -2.25. The van der Waals surface area contributed by atoms with E-state index in [2.05, 4.69) is 16.0 Å². The molecule has 0 bridgehead atoms. The normalized spacial score (nSPS) is 13.8. The number of carboxylic acids is 1. The number of rotatable bonds is 13. The van der Waals surface area contributed by atoms with Crippen LogP contribution >= 0.6 is 0 Å². The zero-order chi connectivity index (χ0) is 25.1. The zero-order valence-corrected chi connectivity index (χ0v) is 19.6. The Hall–Kier alpha value is -3.14. The van der Waals surface area contributed by atoms with Crippen molar-refractivity contribution < 1.29 is 29.4 Å². The Morgan fingerprint density at radius 2 is 1.39 bits per heavy atom. The number of benzene rings is 1. The minimum Gasteiger partial charge on any atom is -0.508 e. The fourth-order valence-corrected chi connectivity index (χ4v) is 3.23. The highest BCUT2D eigenvalue weighted by Crippen LogP contribution is 2.13. The predicted octanol–water partition coefficient (Wildman–Crippen LogP) is 0.525. The number of phenols is 1. The molecule has 0 aliphatic heterocycles. The van der Waals surface area contributed by atoms with Crippen LogP contribution in [0.5, 0.6) is 5.75 Å².